The van der Waals surface area contributed by atoms with E-state index < -0.39 is 11.9 Å². The predicted molar refractivity (Wildman–Crippen MR) is 113 cm³/mol. The van der Waals surface area contributed by atoms with E-state index in [2.05, 4.69) is 6.58 Å². The monoisotopic (exact) mass is 458 g/mol. The van der Waals surface area contributed by atoms with Crippen molar-refractivity contribution in [1.82, 2.24) is 0 Å². The lowest BCUT2D eigenvalue weighted by Gasteiger charge is -2.06. The van der Waals surface area contributed by atoms with Gasteiger partial charge in [0.2, 0.25) is 0 Å². The number of carbonyl (C=O) groups is 2. The van der Waals surface area contributed by atoms with Gasteiger partial charge in [0.1, 0.15) is 11.6 Å². The van der Waals surface area contributed by atoms with E-state index in [-0.39, 0.29) is 23.6 Å². The number of hydrogen-bond acceptors (Lipinski definition) is 4. The topological polar surface area (TPSA) is 52.6 Å². The van der Waals surface area contributed by atoms with Crippen molar-refractivity contribution in [3.8, 4) is 0 Å². The third-order valence-electron chi connectivity index (χ3n) is 3.55. The first-order chi connectivity index (χ1) is 14.4. The Hall–Kier alpha value is -2.44. The lowest BCUT2D eigenvalue weighted by molar-refractivity contribution is 0.0495. The lowest BCUT2D eigenvalue weighted by Crippen LogP contribution is -2.11. The molecule has 0 aliphatic carbocycles. The Balaban J connectivity index is 0.000000303. The summed E-state index contributed by atoms with van der Waals surface area (Å²) < 4.78 is 34.9. The molecule has 0 aromatic heterocycles. The fourth-order valence-electron chi connectivity index (χ4n) is 1.93. The van der Waals surface area contributed by atoms with Gasteiger partial charge in [-0.15, -0.1) is 29.8 Å². The first-order valence-electron chi connectivity index (χ1n) is 9.03. The Morgan fingerprint density at radius 3 is 1.73 bits per heavy atom. The molecule has 0 saturated carbocycles. The lowest BCUT2D eigenvalue weighted by atomic mass is 10.2. The molecule has 0 aliphatic heterocycles. The van der Waals surface area contributed by atoms with E-state index in [1.807, 2.05) is 0 Å². The van der Waals surface area contributed by atoms with Crippen molar-refractivity contribution >= 4 is 35.1 Å². The quantitative estimate of drug-likeness (QED) is 0.207. The van der Waals surface area contributed by atoms with E-state index in [0.717, 1.165) is 0 Å². The molecule has 0 N–H and O–H groups in total. The number of rotatable bonds is 9. The molecule has 2 rings (SSSR count). The van der Waals surface area contributed by atoms with Gasteiger partial charge < -0.3 is 9.47 Å². The molecule has 8 heteroatoms. The first-order valence-corrected chi connectivity index (χ1v) is 10.0. The van der Waals surface area contributed by atoms with Crippen LogP contribution in [0.4, 0.5) is 8.78 Å². The molecule has 4 nitrogen and oxygen atoms in total. The molecular weight excluding hydrogens is 437 g/mol. The molecule has 0 fully saturated rings. The maximum Gasteiger partial charge on any atom is 0.338 e. The number of alkyl halides is 2. The number of esters is 2. The largest absolute Gasteiger partial charge is 0.462 e. The van der Waals surface area contributed by atoms with E-state index >= 15 is 0 Å². The van der Waals surface area contributed by atoms with Crippen LogP contribution in [0, 0.1) is 11.6 Å². The standard InChI is InChI=1S/C11H11Cl2FO2.C11H11FO2/c12-7-9(13)5-6-16-11(15)8-1-3-10(14)4-2-8;1-2-3-8-14-11(13)9-4-6-10(12)7-5-9/h1-4,9H,5-7H2;2,4-7H,1,3,8H2. The van der Waals surface area contributed by atoms with Crippen molar-refractivity contribution in [2.45, 2.75) is 18.2 Å². The van der Waals surface area contributed by atoms with Gasteiger partial charge in [-0.05, 0) is 61.4 Å². The minimum atomic E-state index is -0.488. The smallest absolute Gasteiger partial charge is 0.338 e. The summed E-state index contributed by atoms with van der Waals surface area (Å²) in [6.45, 7) is 4.01. The number of ether oxygens (including phenoxy) is 2. The molecule has 0 radical (unpaired) electrons. The fraction of sp³-hybridized carbons (Fsp3) is 0.273. The average molecular weight is 459 g/mol. The summed E-state index contributed by atoms with van der Waals surface area (Å²) in [5.41, 5.74) is 0.675. The predicted octanol–water partition coefficient (Wildman–Crippen LogP) is 5.78. The van der Waals surface area contributed by atoms with Gasteiger partial charge in [-0.2, -0.15) is 0 Å². The molecule has 162 valence electrons. The summed E-state index contributed by atoms with van der Waals surface area (Å²) in [5, 5.41) is -0.206. The van der Waals surface area contributed by atoms with Crippen LogP contribution < -0.4 is 0 Å². The Kier molecular flexibility index (Phi) is 12.4. The molecule has 1 atom stereocenters. The van der Waals surface area contributed by atoms with Crippen LogP contribution in [0.25, 0.3) is 0 Å². The van der Waals surface area contributed by atoms with Gasteiger partial charge in [-0.1, -0.05) is 6.08 Å². The summed E-state index contributed by atoms with van der Waals surface area (Å²) in [5.74, 6) is -1.37. The highest BCUT2D eigenvalue weighted by Gasteiger charge is 2.09. The first kappa shape index (κ1) is 25.6. The van der Waals surface area contributed by atoms with Crippen LogP contribution in [0.3, 0.4) is 0 Å². The van der Waals surface area contributed by atoms with Crippen molar-refractivity contribution in [2.24, 2.45) is 0 Å². The molecular formula is C22H22Cl2F2O4. The minimum absolute atomic E-state index is 0.205. The van der Waals surface area contributed by atoms with Crippen molar-refractivity contribution in [3.05, 3.63) is 83.9 Å². The van der Waals surface area contributed by atoms with E-state index in [1.54, 1.807) is 6.08 Å². The SMILES string of the molecule is C=CCCOC(=O)c1ccc(F)cc1.O=C(OCCC(Cl)CCl)c1ccc(F)cc1. The van der Waals surface area contributed by atoms with Crippen LogP contribution >= 0.6 is 23.2 Å². The number of halogens is 4. The second kappa shape index (κ2) is 14.5. The van der Waals surface area contributed by atoms with Crippen LogP contribution in [0.1, 0.15) is 33.6 Å². The zero-order valence-corrected chi connectivity index (χ0v) is 17.7. The number of carbonyl (C=O) groups excluding carboxylic acids is 2. The highest BCUT2D eigenvalue weighted by atomic mass is 35.5. The van der Waals surface area contributed by atoms with Crippen molar-refractivity contribution in [3.63, 3.8) is 0 Å². The number of hydrogen-bond donors (Lipinski definition) is 0. The van der Waals surface area contributed by atoms with Crippen LogP contribution in [0.15, 0.2) is 61.2 Å². The Morgan fingerprint density at radius 2 is 1.33 bits per heavy atom. The van der Waals surface area contributed by atoms with Gasteiger partial charge in [-0.25, -0.2) is 18.4 Å². The van der Waals surface area contributed by atoms with Gasteiger partial charge in [0.05, 0.1) is 29.7 Å². The van der Waals surface area contributed by atoms with Crippen LogP contribution in [0.2, 0.25) is 0 Å². The average Bonchev–Trinajstić information content (AvgIpc) is 2.75. The summed E-state index contributed by atoms with van der Waals surface area (Å²) in [6.07, 6.45) is 2.78. The van der Waals surface area contributed by atoms with Gasteiger partial charge in [0.25, 0.3) is 0 Å². The molecule has 0 bridgehead atoms. The fourth-order valence-corrected chi connectivity index (χ4v) is 2.17. The molecule has 2 aromatic rings. The second-order valence-corrected chi connectivity index (χ2v) is 6.83. The van der Waals surface area contributed by atoms with Crippen molar-refractivity contribution in [2.75, 3.05) is 19.1 Å². The maximum atomic E-state index is 12.6. The van der Waals surface area contributed by atoms with E-state index in [0.29, 0.717) is 36.5 Å². The molecule has 0 saturated heterocycles. The van der Waals surface area contributed by atoms with Crippen LogP contribution in [-0.4, -0.2) is 36.4 Å². The van der Waals surface area contributed by atoms with Crippen molar-refractivity contribution in [1.29, 1.82) is 0 Å². The molecule has 0 aliphatic rings. The molecule has 0 heterocycles. The number of benzene rings is 2. The van der Waals surface area contributed by atoms with E-state index in [9.17, 15) is 18.4 Å². The zero-order valence-electron chi connectivity index (χ0n) is 16.2. The second-order valence-electron chi connectivity index (χ2n) is 5.90. The van der Waals surface area contributed by atoms with Gasteiger partial charge >= 0.3 is 11.9 Å². The molecule has 30 heavy (non-hydrogen) atoms. The third kappa shape index (κ3) is 10.4. The van der Waals surface area contributed by atoms with E-state index in [1.165, 1.54) is 48.5 Å². The highest BCUT2D eigenvalue weighted by Crippen LogP contribution is 2.08. The molecule has 0 spiro atoms. The van der Waals surface area contributed by atoms with Crippen molar-refractivity contribution < 1.29 is 27.8 Å². The van der Waals surface area contributed by atoms with E-state index in [4.69, 9.17) is 32.7 Å². The third-order valence-corrected chi connectivity index (χ3v) is 4.45. The van der Waals surface area contributed by atoms with Gasteiger partial charge in [-0.3, -0.25) is 0 Å². The maximum absolute atomic E-state index is 12.6. The zero-order chi connectivity index (χ0) is 22.4. The summed E-state index contributed by atoms with van der Waals surface area (Å²) in [4.78, 5) is 22.7. The van der Waals surface area contributed by atoms with Crippen LogP contribution in [0.5, 0.6) is 0 Å². The Bertz CT molecular complexity index is 796. The van der Waals surface area contributed by atoms with Gasteiger partial charge in [0.15, 0.2) is 0 Å². The normalized spacial score (nSPS) is 10.9. The summed E-state index contributed by atoms with van der Waals surface area (Å²) >= 11 is 11.2. The summed E-state index contributed by atoms with van der Waals surface area (Å²) in [7, 11) is 0. The minimum Gasteiger partial charge on any atom is -0.462 e. The summed E-state index contributed by atoms with van der Waals surface area (Å²) in [6, 6.07) is 10.4. The Morgan fingerprint density at radius 1 is 0.900 bits per heavy atom. The molecule has 2 aromatic carbocycles. The highest BCUT2D eigenvalue weighted by molar-refractivity contribution is 6.28. The molecule has 1 unspecified atom stereocenters. The Labute approximate surface area is 184 Å². The van der Waals surface area contributed by atoms with Crippen LogP contribution in [-0.2, 0) is 9.47 Å². The van der Waals surface area contributed by atoms with Gasteiger partial charge in [0, 0.05) is 5.88 Å². The molecule has 0 amide bonds.